The molecule has 2 fully saturated rings. The number of nitrogens with zero attached hydrogens (tertiary/aromatic N) is 5. The van der Waals surface area contributed by atoms with E-state index in [0.717, 1.165) is 36.8 Å². The lowest BCUT2D eigenvalue weighted by Gasteiger charge is -2.35. The summed E-state index contributed by atoms with van der Waals surface area (Å²) in [4.78, 5) is 35.9. The predicted molar refractivity (Wildman–Crippen MR) is 214 cm³/mol. The number of esters is 1. The Kier molecular flexibility index (Phi) is 12.7. The molecule has 4 heterocycles. The van der Waals surface area contributed by atoms with E-state index in [1.165, 1.54) is 30.3 Å². The zero-order valence-corrected chi connectivity index (χ0v) is 33.7. The zero-order valence-electron chi connectivity index (χ0n) is 33.7. The molecule has 16 heteroatoms. The molecule has 0 saturated carbocycles. The molecular formula is C42H53F4N7O5. The van der Waals surface area contributed by atoms with Crippen LogP contribution in [0.25, 0.3) is 28.1 Å². The number of carbonyl (C=O) groups excluding carboxylic acids is 2. The zero-order chi connectivity index (χ0) is 42.1. The number of likely N-dealkylation sites (N-methyl/N-ethyl adjacent to an activating group) is 1. The third-order valence-electron chi connectivity index (χ3n) is 11.0. The predicted octanol–water partition coefficient (Wildman–Crippen LogP) is 5.41. The largest absolute Gasteiger partial charge is 0.508 e. The van der Waals surface area contributed by atoms with Crippen molar-refractivity contribution in [3.63, 3.8) is 0 Å². The molecule has 0 unspecified atom stereocenters. The SMILES string of the molecule is C=C(/C=N\C(=C\c1c2c3cc(c(F)cc3n1CC(F)(F)F)-c1cc(O)cc(c1)C[C@H](N)C(=O)N1CCC[C@H](N1)C(=O)OCC(C)(C)C2)[C@H](C)OC)N1CCN(C)CC1. The molecule has 1 aromatic heterocycles. The number of aromatic nitrogens is 1. The summed E-state index contributed by atoms with van der Waals surface area (Å²) in [5, 5.41) is 12.4. The van der Waals surface area contributed by atoms with Crippen LogP contribution in [-0.4, -0.2) is 120 Å². The number of halogens is 4. The summed E-state index contributed by atoms with van der Waals surface area (Å²) in [6.07, 6.45) is -1.28. The number of phenolic OH excluding ortho intramolecular Hbond substituents is 1. The van der Waals surface area contributed by atoms with Crippen LogP contribution in [-0.2, 0) is 38.4 Å². The van der Waals surface area contributed by atoms with Gasteiger partial charge in [-0.05, 0) is 86.7 Å². The highest BCUT2D eigenvalue weighted by molar-refractivity contribution is 5.93. The van der Waals surface area contributed by atoms with Crippen molar-refractivity contribution in [2.75, 3.05) is 53.5 Å². The number of amides is 1. The average Bonchev–Trinajstić information content (AvgIpc) is 3.41. The molecule has 6 rings (SSSR count). The maximum Gasteiger partial charge on any atom is 0.406 e. The Labute approximate surface area is 335 Å². The summed E-state index contributed by atoms with van der Waals surface area (Å²) in [5.41, 5.74) is 10.6. The first-order valence-corrected chi connectivity index (χ1v) is 19.5. The third kappa shape index (κ3) is 9.91. The quantitative estimate of drug-likeness (QED) is 0.163. The van der Waals surface area contributed by atoms with Crippen molar-refractivity contribution in [2.24, 2.45) is 16.1 Å². The normalized spacial score (nSPS) is 22.0. The molecule has 0 aliphatic carbocycles. The molecule has 3 aromatic rings. The van der Waals surface area contributed by atoms with Gasteiger partial charge in [-0.1, -0.05) is 26.5 Å². The third-order valence-corrected chi connectivity index (χ3v) is 11.0. The fourth-order valence-electron chi connectivity index (χ4n) is 7.73. The van der Waals surface area contributed by atoms with Crippen molar-refractivity contribution in [2.45, 2.75) is 77.4 Å². The van der Waals surface area contributed by atoms with Crippen molar-refractivity contribution in [1.29, 1.82) is 0 Å². The summed E-state index contributed by atoms with van der Waals surface area (Å²) >= 11 is 0. The first kappa shape index (κ1) is 42.8. The number of phenols is 1. The van der Waals surface area contributed by atoms with Crippen LogP contribution in [0.4, 0.5) is 17.6 Å². The lowest BCUT2D eigenvalue weighted by Crippen LogP contribution is -2.59. The Hall–Kier alpha value is -4.77. The standard InChI is InChI=1S/C42H53F4N7O5/c1-25(51-12-10-50(5)11-13-51)22-48-36(26(2)57-6)20-38-32-21-41(3,4)24-58-40(56)35-8-7-9-53(49-35)39(55)34(47)16-27-14-28(17-29(54)15-27)30-18-31(32)37(19-33(30)43)52(38)23-42(44,45)46/h14-15,17-20,22,26,34-35,49,54H,1,7-13,16,21,23-24,47H2,2-6H3/b36-20+,48-22-/t26-,34-,35-/m0/s1. The van der Waals surface area contributed by atoms with E-state index < -0.39 is 54.0 Å². The van der Waals surface area contributed by atoms with Gasteiger partial charge in [-0.3, -0.25) is 19.6 Å². The van der Waals surface area contributed by atoms with Gasteiger partial charge in [-0.15, -0.1) is 0 Å². The van der Waals surface area contributed by atoms with E-state index in [-0.39, 0.29) is 47.5 Å². The van der Waals surface area contributed by atoms with Crippen LogP contribution in [0.2, 0.25) is 0 Å². The summed E-state index contributed by atoms with van der Waals surface area (Å²) in [6.45, 7) is 11.4. The first-order chi connectivity index (χ1) is 27.3. The van der Waals surface area contributed by atoms with E-state index in [1.807, 2.05) is 20.9 Å². The Morgan fingerprint density at radius 3 is 2.57 bits per heavy atom. The van der Waals surface area contributed by atoms with Gasteiger partial charge in [-0.25, -0.2) is 9.82 Å². The second-order valence-corrected chi connectivity index (χ2v) is 16.4. The number of alkyl halides is 3. The second kappa shape index (κ2) is 17.2. The molecular weight excluding hydrogens is 758 g/mol. The van der Waals surface area contributed by atoms with Gasteiger partial charge in [0.25, 0.3) is 5.91 Å². The van der Waals surface area contributed by atoms with Gasteiger partial charge in [0, 0.05) is 73.8 Å². The number of carbonyl (C=O) groups is 2. The van der Waals surface area contributed by atoms with E-state index in [9.17, 15) is 27.9 Å². The fourth-order valence-corrected chi connectivity index (χ4v) is 7.73. The van der Waals surface area contributed by atoms with Crippen LogP contribution < -0.4 is 11.2 Å². The number of aromatic hydroxyl groups is 1. The van der Waals surface area contributed by atoms with E-state index in [1.54, 1.807) is 25.3 Å². The summed E-state index contributed by atoms with van der Waals surface area (Å²) in [5.74, 6) is -2.10. The lowest BCUT2D eigenvalue weighted by atomic mass is 9.84. The molecule has 2 aromatic carbocycles. The minimum absolute atomic E-state index is 0.0169. The molecule has 6 bridgehead atoms. The first-order valence-electron chi connectivity index (χ1n) is 19.5. The molecule has 0 spiro atoms. The van der Waals surface area contributed by atoms with Crippen molar-refractivity contribution in [3.8, 4) is 16.9 Å². The molecule has 3 aliphatic rings. The number of nitrogens with one attached hydrogen (secondary N) is 1. The number of rotatable bonds is 7. The summed E-state index contributed by atoms with van der Waals surface area (Å²) in [7, 11) is 3.51. The van der Waals surface area contributed by atoms with Crippen molar-refractivity contribution < 1.29 is 41.7 Å². The molecule has 0 radical (unpaired) electrons. The Bertz CT molecular complexity index is 2100. The highest BCUT2D eigenvalue weighted by Crippen LogP contribution is 2.40. The highest BCUT2D eigenvalue weighted by atomic mass is 19.4. The number of benzene rings is 2. The van der Waals surface area contributed by atoms with Crippen LogP contribution in [0.5, 0.6) is 5.75 Å². The number of methoxy groups -OCH3 is 1. The van der Waals surface area contributed by atoms with E-state index in [4.69, 9.17) is 20.2 Å². The van der Waals surface area contributed by atoms with Gasteiger partial charge in [0.2, 0.25) is 0 Å². The van der Waals surface area contributed by atoms with Gasteiger partial charge < -0.3 is 34.7 Å². The number of cyclic esters (lactones) is 1. The van der Waals surface area contributed by atoms with Crippen molar-refractivity contribution >= 4 is 35.1 Å². The van der Waals surface area contributed by atoms with Gasteiger partial charge in [0.05, 0.1) is 30.0 Å². The molecule has 1 amide bonds. The topological polar surface area (TPSA) is 138 Å². The molecule has 58 heavy (non-hydrogen) atoms. The molecule has 3 aliphatic heterocycles. The minimum Gasteiger partial charge on any atom is -0.508 e. The number of hydrazine groups is 1. The number of hydrogen-bond donors (Lipinski definition) is 3. The Morgan fingerprint density at radius 1 is 1.16 bits per heavy atom. The van der Waals surface area contributed by atoms with Gasteiger partial charge in [-0.2, -0.15) is 13.2 Å². The van der Waals surface area contributed by atoms with Crippen LogP contribution in [0.3, 0.4) is 0 Å². The molecule has 2 saturated heterocycles. The monoisotopic (exact) mass is 811 g/mol. The number of allylic oxidation sites excluding steroid dienone is 1. The maximum atomic E-state index is 16.4. The van der Waals surface area contributed by atoms with Gasteiger partial charge >= 0.3 is 12.1 Å². The lowest BCUT2D eigenvalue weighted by molar-refractivity contribution is -0.155. The summed E-state index contributed by atoms with van der Waals surface area (Å²) < 4.78 is 72.6. The van der Waals surface area contributed by atoms with E-state index in [0.29, 0.717) is 47.3 Å². The molecule has 4 N–H and O–H groups in total. The Morgan fingerprint density at radius 2 is 1.88 bits per heavy atom. The van der Waals surface area contributed by atoms with Crippen LogP contribution in [0.15, 0.2) is 53.3 Å². The number of aliphatic imine (C=N–C) groups is 1. The highest BCUT2D eigenvalue weighted by Gasteiger charge is 2.36. The van der Waals surface area contributed by atoms with Crippen LogP contribution in [0, 0.1) is 11.2 Å². The molecule has 3 atom stereocenters. The number of nitrogens with two attached hydrogens (primary N) is 1. The molecule has 314 valence electrons. The average molecular weight is 812 g/mol. The van der Waals surface area contributed by atoms with E-state index >= 15 is 4.39 Å². The van der Waals surface area contributed by atoms with Gasteiger partial charge in [0.15, 0.2) is 0 Å². The van der Waals surface area contributed by atoms with Crippen LogP contribution in [0.1, 0.15) is 50.4 Å². The van der Waals surface area contributed by atoms with E-state index in [2.05, 4.69) is 21.8 Å². The van der Waals surface area contributed by atoms with Crippen LogP contribution >= 0.6 is 0 Å². The second-order valence-electron chi connectivity index (χ2n) is 16.4. The molecule has 12 nitrogen and oxygen atoms in total. The Balaban J connectivity index is 1.56. The smallest absolute Gasteiger partial charge is 0.406 e. The minimum atomic E-state index is -4.71. The maximum absolute atomic E-state index is 16.4. The fraction of sp³-hybridized carbons (Fsp3) is 0.500. The number of ether oxygens (including phenoxy) is 2. The number of hydrogen-bond acceptors (Lipinski definition) is 10. The summed E-state index contributed by atoms with van der Waals surface area (Å²) in [6, 6.07) is 5.01. The van der Waals surface area contributed by atoms with Crippen molar-refractivity contribution in [1.82, 2.24) is 24.8 Å². The number of piperazine rings is 1. The van der Waals surface area contributed by atoms with Gasteiger partial charge in [0.1, 0.15) is 24.2 Å². The number of fused-ring (bicyclic) bond motifs is 6. The van der Waals surface area contributed by atoms with Crippen molar-refractivity contribution in [3.05, 3.63) is 70.9 Å².